The molecule has 7 heteroatoms. The first-order valence-electron chi connectivity index (χ1n) is 7.69. The second-order valence-electron chi connectivity index (χ2n) is 5.33. The lowest BCUT2D eigenvalue weighted by Gasteiger charge is -2.12. The van der Waals surface area contributed by atoms with Crippen LogP contribution in [0.2, 0.25) is 0 Å². The summed E-state index contributed by atoms with van der Waals surface area (Å²) in [6.07, 6.45) is 1.51. The van der Waals surface area contributed by atoms with Crippen LogP contribution < -0.4 is 15.4 Å². The molecule has 0 radical (unpaired) electrons. The average molecular weight is 355 g/mol. The number of carbonyl (C=O) groups excluding carboxylic acids is 1. The molecule has 3 rings (SSSR count). The van der Waals surface area contributed by atoms with Crippen molar-refractivity contribution >= 4 is 23.1 Å². The number of benzene rings is 2. The Kier molecular flexibility index (Phi) is 5.07. The number of amides is 1. The number of nitrogens with one attached hydrogen (secondary N) is 2. The van der Waals surface area contributed by atoms with E-state index in [0.29, 0.717) is 11.4 Å². The van der Waals surface area contributed by atoms with Crippen LogP contribution in [0.15, 0.2) is 60.8 Å². The van der Waals surface area contributed by atoms with Crippen molar-refractivity contribution < 1.29 is 18.3 Å². The minimum absolute atomic E-state index is 0.117. The number of aromatic nitrogens is 1. The van der Waals surface area contributed by atoms with Crippen LogP contribution in [0.5, 0.6) is 5.75 Å². The molecule has 1 amide bonds. The molecule has 0 saturated carbocycles. The number of anilines is 3. The molecule has 0 aliphatic heterocycles. The zero-order valence-corrected chi connectivity index (χ0v) is 13.8. The van der Waals surface area contributed by atoms with Crippen LogP contribution in [0.1, 0.15) is 10.4 Å². The maximum atomic E-state index is 13.8. The van der Waals surface area contributed by atoms with Crippen LogP contribution in [0.25, 0.3) is 0 Å². The number of ether oxygens (including phenoxy) is 1. The summed E-state index contributed by atoms with van der Waals surface area (Å²) < 4.78 is 31.7. The topological polar surface area (TPSA) is 63.2 Å². The van der Waals surface area contributed by atoms with Crippen LogP contribution in [-0.2, 0) is 0 Å². The lowest BCUT2D eigenvalue weighted by atomic mass is 10.2. The molecule has 3 aromatic rings. The monoisotopic (exact) mass is 355 g/mol. The van der Waals surface area contributed by atoms with Gasteiger partial charge in [-0.2, -0.15) is 0 Å². The van der Waals surface area contributed by atoms with Gasteiger partial charge in [-0.1, -0.05) is 0 Å². The third kappa shape index (κ3) is 3.94. The second kappa shape index (κ2) is 7.60. The first-order chi connectivity index (χ1) is 12.6. The number of rotatable bonds is 5. The number of nitrogens with zero attached hydrogens (tertiary/aromatic N) is 1. The molecule has 0 spiro atoms. The van der Waals surface area contributed by atoms with E-state index >= 15 is 0 Å². The summed E-state index contributed by atoms with van der Waals surface area (Å²) in [5, 5.41) is 5.57. The molecular formula is C19H15F2N3O2. The smallest absolute Gasteiger partial charge is 0.259 e. The second-order valence-corrected chi connectivity index (χ2v) is 5.33. The number of methoxy groups -OCH3 is 1. The lowest BCUT2D eigenvalue weighted by molar-refractivity contribution is 0.102. The molecule has 26 heavy (non-hydrogen) atoms. The highest BCUT2D eigenvalue weighted by Crippen LogP contribution is 2.24. The zero-order chi connectivity index (χ0) is 18.5. The summed E-state index contributed by atoms with van der Waals surface area (Å²) in [6, 6.07) is 12.9. The van der Waals surface area contributed by atoms with E-state index in [-0.39, 0.29) is 17.1 Å². The van der Waals surface area contributed by atoms with Gasteiger partial charge in [-0.15, -0.1) is 0 Å². The van der Waals surface area contributed by atoms with E-state index in [1.165, 1.54) is 49.7 Å². The normalized spacial score (nSPS) is 10.3. The maximum Gasteiger partial charge on any atom is 0.259 e. The fraction of sp³-hybridized carbons (Fsp3) is 0.0526. The van der Waals surface area contributed by atoms with Crippen molar-refractivity contribution in [2.45, 2.75) is 0 Å². The molecule has 0 fully saturated rings. The van der Waals surface area contributed by atoms with Gasteiger partial charge in [0.05, 0.1) is 12.7 Å². The van der Waals surface area contributed by atoms with E-state index in [1.807, 2.05) is 0 Å². The first kappa shape index (κ1) is 17.3. The Hall–Kier alpha value is -3.48. The highest BCUT2D eigenvalue weighted by Gasteiger charge is 2.14. The van der Waals surface area contributed by atoms with Crippen LogP contribution in [0.4, 0.5) is 26.0 Å². The fourth-order valence-corrected chi connectivity index (χ4v) is 2.30. The van der Waals surface area contributed by atoms with Gasteiger partial charge < -0.3 is 15.4 Å². The molecule has 0 aliphatic carbocycles. The van der Waals surface area contributed by atoms with E-state index < -0.39 is 17.5 Å². The van der Waals surface area contributed by atoms with Crippen molar-refractivity contribution in [1.82, 2.24) is 4.98 Å². The largest absolute Gasteiger partial charge is 0.494 e. The summed E-state index contributed by atoms with van der Waals surface area (Å²) in [4.78, 5) is 16.6. The third-order valence-electron chi connectivity index (χ3n) is 3.57. The van der Waals surface area contributed by atoms with Crippen molar-refractivity contribution in [2.24, 2.45) is 0 Å². The van der Waals surface area contributed by atoms with Gasteiger partial charge in [0, 0.05) is 23.6 Å². The van der Waals surface area contributed by atoms with E-state index in [4.69, 9.17) is 4.74 Å². The van der Waals surface area contributed by atoms with Gasteiger partial charge in [0.15, 0.2) is 11.6 Å². The molecule has 0 atom stereocenters. The lowest BCUT2D eigenvalue weighted by Crippen LogP contribution is -2.14. The molecule has 2 N–H and O–H groups in total. The molecule has 0 aliphatic rings. The maximum absolute atomic E-state index is 13.8. The Morgan fingerprint density at radius 2 is 1.77 bits per heavy atom. The minimum Gasteiger partial charge on any atom is -0.494 e. The number of hydrogen-bond acceptors (Lipinski definition) is 4. The predicted molar refractivity (Wildman–Crippen MR) is 94.8 cm³/mol. The molecule has 1 aromatic heterocycles. The van der Waals surface area contributed by atoms with E-state index in [0.717, 1.165) is 0 Å². The van der Waals surface area contributed by atoms with Gasteiger partial charge >= 0.3 is 0 Å². The van der Waals surface area contributed by atoms with Gasteiger partial charge in [0.1, 0.15) is 11.6 Å². The van der Waals surface area contributed by atoms with Gasteiger partial charge in [0.25, 0.3) is 5.91 Å². The van der Waals surface area contributed by atoms with Gasteiger partial charge in [-0.05, 0) is 48.5 Å². The highest BCUT2D eigenvalue weighted by molar-refractivity contribution is 6.07. The van der Waals surface area contributed by atoms with E-state index in [1.54, 1.807) is 18.2 Å². The van der Waals surface area contributed by atoms with Gasteiger partial charge in [-0.3, -0.25) is 4.79 Å². The van der Waals surface area contributed by atoms with Crippen molar-refractivity contribution in [3.8, 4) is 5.75 Å². The molecular weight excluding hydrogens is 340 g/mol. The summed E-state index contributed by atoms with van der Waals surface area (Å²) in [5.74, 6) is -0.984. The zero-order valence-electron chi connectivity index (χ0n) is 13.8. The van der Waals surface area contributed by atoms with Crippen molar-refractivity contribution in [2.75, 3.05) is 17.7 Å². The Labute approximate surface area is 148 Å². The Morgan fingerprint density at radius 1 is 1.04 bits per heavy atom. The predicted octanol–water partition coefficient (Wildman–Crippen LogP) is 4.36. The minimum atomic E-state index is -0.536. The first-order valence-corrected chi connectivity index (χ1v) is 7.69. The third-order valence-corrected chi connectivity index (χ3v) is 3.57. The van der Waals surface area contributed by atoms with Crippen molar-refractivity contribution in [3.05, 3.63) is 78.0 Å². The number of halogens is 2. The number of pyridine rings is 1. The Balaban J connectivity index is 1.82. The van der Waals surface area contributed by atoms with E-state index in [2.05, 4.69) is 15.6 Å². The molecule has 2 aromatic carbocycles. The molecule has 1 heterocycles. The Bertz CT molecular complexity index is 930. The van der Waals surface area contributed by atoms with Gasteiger partial charge in [0.2, 0.25) is 0 Å². The average Bonchev–Trinajstić information content (AvgIpc) is 2.64. The van der Waals surface area contributed by atoms with Crippen LogP contribution >= 0.6 is 0 Å². The SMILES string of the molecule is COc1ccc(Nc2ncccc2C(=O)Nc2ccc(F)cc2)cc1F. The van der Waals surface area contributed by atoms with Gasteiger partial charge in [-0.25, -0.2) is 13.8 Å². The van der Waals surface area contributed by atoms with E-state index in [9.17, 15) is 13.6 Å². The molecule has 0 bridgehead atoms. The standard InChI is InChI=1S/C19H15F2N3O2/c1-26-17-9-8-14(11-16(17)21)23-18-15(3-2-10-22-18)19(25)24-13-6-4-12(20)5-7-13/h2-11H,1H3,(H,22,23)(H,24,25). The van der Waals surface area contributed by atoms with Crippen LogP contribution in [-0.4, -0.2) is 18.0 Å². The van der Waals surface area contributed by atoms with Crippen LogP contribution in [0, 0.1) is 11.6 Å². The quantitative estimate of drug-likeness (QED) is 0.714. The highest BCUT2D eigenvalue weighted by atomic mass is 19.1. The summed E-state index contributed by atoms with van der Waals surface area (Å²) in [6.45, 7) is 0. The molecule has 5 nitrogen and oxygen atoms in total. The molecule has 0 saturated heterocycles. The summed E-state index contributed by atoms with van der Waals surface area (Å²) in [7, 11) is 1.38. The van der Waals surface area contributed by atoms with Crippen molar-refractivity contribution in [3.63, 3.8) is 0 Å². The Morgan fingerprint density at radius 3 is 2.46 bits per heavy atom. The summed E-state index contributed by atoms with van der Waals surface area (Å²) >= 11 is 0. The fourth-order valence-electron chi connectivity index (χ4n) is 2.30. The molecule has 132 valence electrons. The van der Waals surface area contributed by atoms with Crippen molar-refractivity contribution in [1.29, 1.82) is 0 Å². The number of hydrogen-bond donors (Lipinski definition) is 2. The number of carbonyl (C=O) groups is 1. The summed E-state index contributed by atoms with van der Waals surface area (Å²) in [5.41, 5.74) is 1.12. The van der Waals surface area contributed by atoms with Crippen LogP contribution in [0.3, 0.4) is 0 Å². The molecule has 0 unspecified atom stereocenters.